The Balaban J connectivity index is 1.53. The Kier molecular flexibility index (Phi) is 4.16. The van der Waals surface area contributed by atoms with Crippen molar-refractivity contribution < 1.29 is 14.3 Å². The molecule has 0 bridgehead atoms. The number of para-hydroxylation sites is 1. The molecule has 4 rings (SSSR count). The first-order valence-electron chi connectivity index (χ1n) is 8.31. The normalized spacial score (nSPS) is 16.0. The maximum absolute atomic E-state index is 12.7. The molecule has 3 aromatic rings. The second kappa shape index (κ2) is 6.49. The van der Waals surface area contributed by atoms with Crippen molar-refractivity contribution in [2.45, 2.75) is 19.4 Å². The molecule has 0 fully saturated rings. The number of nitrogens with zero attached hydrogens (tertiary/aromatic N) is 1. The molecule has 0 saturated carbocycles. The first kappa shape index (κ1) is 16.7. The standard InChI is InChI=1S/C19H19N3O3S/c1-10-6-12(8-15-16(10)22-19(20)26-15)18(23)21-13-7-11-4-3-5-14(24-2)17(11)25-9-13/h3-6,8,13H,7,9H2,1-2H3,(H2,20,22)(H,21,23)/t13-/m1/s1. The molecule has 0 spiro atoms. The number of carbonyl (C=O) groups excluding carboxylic acids is 1. The lowest BCUT2D eigenvalue weighted by Crippen LogP contribution is -2.42. The number of rotatable bonds is 3. The number of aromatic nitrogens is 1. The molecule has 7 heteroatoms. The SMILES string of the molecule is COc1cccc2c1OC[C@H](NC(=O)c1cc(C)c3nc(N)sc3c1)C2. The van der Waals surface area contributed by atoms with Gasteiger partial charge in [-0.05, 0) is 37.1 Å². The smallest absolute Gasteiger partial charge is 0.251 e. The van der Waals surface area contributed by atoms with Gasteiger partial charge in [0.25, 0.3) is 5.91 Å². The van der Waals surface area contributed by atoms with Crippen LogP contribution in [0.1, 0.15) is 21.5 Å². The quantitative estimate of drug-likeness (QED) is 0.741. The Labute approximate surface area is 154 Å². The van der Waals surface area contributed by atoms with E-state index in [1.54, 1.807) is 7.11 Å². The van der Waals surface area contributed by atoms with Crippen molar-refractivity contribution in [3.63, 3.8) is 0 Å². The number of thiazole rings is 1. The Morgan fingerprint density at radius 3 is 3.08 bits per heavy atom. The van der Waals surface area contributed by atoms with Crippen LogP contribution in [0.15, 0.2) is 30.3 Å². The zero-order valence-corrected chi connectivity index (χ0v) is 15.4. The minimum atomic E-state index is -0.123. The molecule has 26 heavy (non-hydrogen) atoms. The van der Waals surface area contributed by atoms with E-state index in [1.165, 1.54) is 11.3 Å². The number of nitrogens with one attached hydrogen (secondary N) is 1. The molecule has 3 N–H and O–H groups in total. The third kappa shape index (κ3) is 2.94. The Hall–Kier alpha value is -2.80. The predicted octanol–water partition coefficient (Wildman–Crippen LogP) is 2.93. The number of anilines is 1. The van der Waals surface area contributed by atoms with Gasteiger partial charge in [0.1, 0.15) is 6.61 Å². The fraction of sp³-hybridized carbons (Fsp3) is 0.263. The number of benzene rings is 2. The van der Waals surface area contributed by atoms with Gasteiger partial charge in [0.2, 0.25) is 0 Å². The van der Waals surface area contributed by atoms with E-state index in [4.69, 9.17) is 15.2 Å². The van der Waals surface area contributed by atoms with Crippen LogP contribution >= 0.6 is 11.3 Å². The number of nitrogen functional groups attached to an aromatic ring is 1. The van der Waals surface area contributed by atoms with Gasteiger partial charge in [-0.3, -0.25) is 4.79 Å². The summed E-state index contributed by atoms with van der Waals surface area (Å²) in [6, 6.07) is 9.38. The molecule has 0 unspecified atom stereocenters. The maximum Gasteiger partial charge on any atom is 0.251 e. The highest BCUT2D eigenvalue weighted by Gasteiger charge is 2.24. The third-order valence-corrected chi connectivity index (χ3v) is 5.31. The van der Waals surface area contributed by atoms with Crippen LogP contribution in [-0.4, -0.2) is 30.6 Å². The minimum absolute atomic E-state index is 0.0929. The summed E-state index contributed by atoms with van der Waals surface area (Å²) in [5, 5.41) is 3.57. The molecule has 0 radical (unpaired) electrons. The minimum Gasteiger partial charge on any atom is -0.493 e. The average Bonchev–Trinajstić information content (AvgIpc) is 3.01. The van der Waals surface area contributed by atoms with Crippen molar-refractivity contribution in [2.24, 2.45) is 0 Å². The van der Waals surface area contributed by atoms with Crippen LogP contribution in [0, 0.1) is 6.92 Å². The maximum atomic E-state index is 12.7. The number of hydrogen-bond acceptors (Lipinski definition) is 6. The van der Waals surface area contributed by atoms with E-state index in [-0.39, 0.29) is 11.9 Å². The van der Waals surface area contributed by atoms with Crippen molar-refractivity contribution in [3.8, 4) is 11.5 Å². The summed E-state index contributed by atoms with van der Waals surface area (Å²) in [4.78, 5) is 17.0. The van der Waals surface area contributed by atoms with Crippen LogP contribution in [0.3, 0.4) is 0 Å². The lowest BCUT2D eigenvalue weighted by molar-refractivity contribution is 0.0914. The summed E-state index contributed by atoms with van der Waals surface area (Å²) in [5.41, 5.74) is 9.21. The van der Waals surface area contributed by atoms with Crippen molar-refractivity contribution in [1.29, 1.82) is 0 Å². The molecule has 0 aliphatic carbocycles. The molecule has 1 amide bonds. The Bertz CT molecular complexity index is 999. The van der Waals surface area contributed by atoms with Crippen LogP contribution in [0.2, 0.25) is 0 Å². The number of nitrogens with two attached hydrogens (primary N) is 1. The van der Waals surface area contributed by atoms with Gasteiger partial charge in [-0.15, -0.1) is 0 Å². The summed E-state index contributed by atoms with van der Waals surface area (Å²) in [6.45, 7) is 2.35. The Morgan fingerprint density at radius 2 is 2.27 bits per heavy atom. The highest BCUT2D eigenvalue weighted by molar-refractivity contribution is 7.22. The lowest BCUT2D eigenvalue weighted by atomic mass is 10.0. The Morgan fingerprint density at radius 1 is 1.42 bits per heavy atom. The van der Waals surface area contributed by atoms with E-state index < -0.39 is 0 Å². The molecule has 1 aromatic heterocycles. The fourth-order valence-electron chi connectivity index (χ4n) is 3.26. The van der Waals surface area contributed by atoms with E-state index in [9.17, 15) is 4.79 Å². The molecule has 0 saturated heterocycles. The van der Waals surface area contributed by atoms with Gasteiger partial charge in [-0.25, -0.2) is 4.98 Å². The van der Waals surface area contributed by atoms with Gasteiger partial charge in [0, 0.05) is 11.1 Å². The molecule has 1 atom stereocenters. The van der Waals surface area contributed by atoms with Crippen molar-refractivity contribution in [3.05, 3.63) is 47.0 Å². The van der Waals surface area contributed by atoms with E-state index >= 15 is 0 Å². The van der Waals surface area contributed by atoms with Crippen LogP contribution in [0.4, 0.5) is 5.13 Å². The number of amides is 1. The largest absolute Gasteiger partial charge is 0.493 e. The van der Waals surface area contributed by atoms with E-state index in [0.717, 1.165) is 32.8 Å². The van der Waals surface area contributed by atoms with E-state index in [2.05, 4.69) is 10.3 Å². The van der Waals surface area contributed by atoms with Crippen LogP contribution in [0.25, 0.3) is 10.2 Å². The van der Waals surface area contributed by atoms with Gasteiger partial charge in [-0.2, -0.15) is 0 Å². The number of hydrogen-bond donors (Lipinski definition) is 2. The summed E-state index contributed by atoms with van der Waals surface area (Å²) >= 11 is 1.39. The molecule has 1 aliphatic heterocycles. The van der Waals surface area contributed by atoms with Crippen molar-refractivity contribution >= 4 is 32.6 Å². The third-order valence-electron chi connectivity index (χ3n) is 4.47. The fourth-order valence-corrected chi connectivity index (χ4v) is 4.11. The van der Waals surface area contributed by atoms with Crippen LogP contribution in [-0.2, 0) is 6.42 Å². The molecule has 1 aliphatic rings. The summed E-state index contributed by atoms with van der Waals surface area (Å²) in [7, 11) is 1.62. The molecule has 134 valence electrons. The second-order valence-corrected chi connectivity index (χ2v) is 7.39. The summed E-state index contributed by atoms with van der Waals surface area (Å²) in [6.07, 6.45) is 0.701. The topological polar surface area (TPSA) is 86.5 Å². The number of ether oxygens (including phenoxy) is 2. The molecular formula is C19H19N3O3S. The molecular weight excluding hydrogens is 350 g/mol. The first-order valence-corrected chi connectivity index (χ1v) is 9.13. The lowest BCUT2D eigenvalue weighted by Gasteiger charge is -2.27. The molecule has 2 heterocycles. The van der Waals surface area contributed by atoms with E-state index in [0.29, 0.717) is 23.7 Å². The van der Waals surface area contributed by atoms with E-state index in [1.807, 2.05) is 37.3 Å². The number of fused-ring (bicyclic) bond motifs is 2. The number of carbonyl (C=O) groups is 1. The van der Waals surface area contributed by atoms with Gasteiger partial charge >= 0.3 is 0 Å². The highest BCUT2D eigenvalue weighted by atomic mass is 32.1. The van der Waals surface area contributed by atoms with Crippen LogP contribution in [0.5, 0.6) is 11.5 Å². The summed E-state index contributed by atoms with van der Waals surface area (Å²) < 4.78 is 12.1. The van der Waals surface area contributed by atoms with Gasteiger partial charge in [0.15, 0.2) is 16.6 Å². The van der Waals surface area contributed by atoms with Gasteiger partial charge < -0.3 is 20.5 Å². The van der Waals surface area contributed by atoms with Crippen molar-refractivity contribution in [2.75, 3.05) is 19.5 Å². The van der Waals surface area contributed by atoms with Crippen molar-refractivity contribution in [1.82, 2.24) is 10.3 Å². The van der Waals surface area contributed by atoms with Gasteiger partial charge in [-0.1, -0.05) is 23.5 Å². The molecule has 2 aromatic carbocycles. The zero-order valence-electron chi connectivity index (χ0n) is 14.5. The monoisotopic (exact) mass is 369 g/mol. The second-order valence-electron chi connectivity index (χ2n) is 6.33. The number of aryl methyl sites for hydroxylation is 1. The summed E-state index contributed by atoms with van der Waals surface area (Å²) in [5.74, 6) is 1.36. The number of methoxy groups -OCH3 is 1. The zero-order chi connectivity index (χ0) is 18.3. The highest BCUT2D eigenvalue weighted by Crippen LogP contribution is 2.34. The molecule has 6 nitrogen and oxygen atoms in total. The average molecular weight is 369 g/mol. The predicted molar refractivity (Wildman–Crippen MR) is 102 cm³/mol. The van der Waals surface area contributed by atoms with Crippen LogP contribution < -0.4 is 20.5 Å². The first-order chi connectivity index (χ1) is 12.5. The van der Waals surface area contributed by atoms with Gasteiger partial charge in [0.05, 0.1) is 23.4 Å².